The Kier molecular flexibility index (Phi) is 7.16. The van der Waals surface area contributed by atoms with Crippen LogP contribution in [0.25, 0.3) is 0 Å². The van der Waals surface area contributed by atoms with Gasteiger partial charge in [-0.05, 0) is 52.2 Å². The van der Waals surface area contributed by atoms with Gasteiger partial charge >= 0.3 is 12.1 Å². The Labute approximate surface area is 170 Å². The third kappa shape index (κ3) is 5.65. The zero-order valence-electron chi connectivity index (χ0n) is 17.4. The average molecular weight is 407 g/mol. The first kappa shape index (κ1) is 22.6. The molecule has 1 fully saturated rings. The van der Waals surface area contributed by atoms with E-state index < -0.39 is 40.5 Å². The van der Waals surface area contributed by atoms with Crippen LogP contribution >= 0.6 is 0 Å². The zero-order valence-corrected chi connectivity index (χ0v) is 17.4. The Bertz CT molecular complexity index is 733. The van der Waals surface area contributed by atoms with Crippen molar-refractivity contribution in [1.29, 1.82) is 0 Å². The maximum atomic E-state index is 13.1. The van der Waals surface area contributed by atoms with Crippen LogP contribution in [0.15, 0.2) is 24.5 Å². The van der Waals surface area contributed by atoms with Gasteiger partial charge in [0.2, 0.25) is 6.54 Å². The molecule has 160 valence electrons. The van der Waals surface area contributed by atoms with Crippen LogP contribution in [0.1, 0.15) is 52.0 Å². The van der Waals surface area contributed by atoms with Crippen LogP contribution < -0.4 is 0 Å². The van der Waals surface area contributed by atoms with Gasteiger partial charge in [-0.1, -0.05) is 6.07 Å². The molecule has 1 saturated heterocycles. The number of nitrogens with zero attached hydrogens (tertiary/aromatic N) is 3. The van der Waals surface area contributed by atoms with Crippen LogP contribution in [0.3, 0.4) is 0 Å². The molecule has 9 nitrogen and oxygen atoms in total. The predicted octanol–water partition coefficient (Wildman–Crippen LogP) is 3.02. The number of likely N-dealkylation sites (tertiary alicyclic amines) is 1. The molecule has 0 aliphatic carbocycles. The molecule has 1 aliphatic heterocycles. The second kappa shape index (κ2) is 9.19. The summed E-state index contributed by atoms with van der Waals surface area (Å²) < 4.78 is 10.8. The van der Waals surface area contributed by atoms with E-state index in [0.29, 0.717) is 24.9 Å². The summed E-state index contributed by atoms with van der Waals surface area (Å²) in [4.78, 5) is 42.4. The summed E-state index contributed by atoms with van der Waals surface area (Å²) in [5, 5.41) is 11.5. The van der Waals surface area contributed by atoms with Crippen LogP contribution in [0.5, 0.6) is 0 Å². The molecule has 1 aliphatic rings. The van der Waals surface area contributed by atoms with E-state index in [9.17, 15) is 19.7 Å². The SMILES string of the molecule is CCOC(=O)C1(C(C[N+](=O)[O-])c2cccnc2)CCCN(C(=O)OC(C)(C)C)C1. The molecule has 0 N–H and O–H groups in total. The van der Waals surface area contributed by atoms with Crippen molar-refractivity contribution in [1.82, 2.24) is 9.88 Å². The Morgan fingerprint density at radius 3 is 2.69 bits per heavy atom. The predicted molar refractivity (Wildman–Crippen MR) is 105 cm³/mol. The quantitative estimate of drug-likeness (QED) is 0.405. The van der Waals surface area contributed by atoms with Gasteiger partial charge in [0.15, 0.2) is 0 Å². The third-order valence-corrected chi connectivity index (χ3v) is 4.94. The summed E-state index contributed by atoms with van der Waals surface area (Å²) in [6.07, 6.45) is 3.43. The highest BCUT2D eigenvalue weighted by Gasteiger charge is 2.53. The molecule has 0 saturated carbocycles. The van der Waals surface area contributed by atoms with Gasteiger partial charge < -0.3 is 14.4 Å². The number of amides is 1. The van der Waals surface area contributed by atoms with Gasteiger partial charge in [0.05, 0.1) is 17.9 Å². The van der Waals surface area contributed by atoms with Crippen molar-refractivity contribution in [3.8, 4) is 0 Å². The molecule has 0 radical (unpaired) electrons. The summed E-state index contributed by atoms with van der Waals surface area (Å²) in [6.45, 7) is 7.06. The van der Waals surface area contributed by atoms with E-state index in [1.54, 1.807) is 46.0 Å². The van der Waals surface area contributed by atoms with E-state index in [-0.39, 0.29) is 13.2 Å². The van der Waals surface area contributed by atoms with E-state index in [0.717, 1.165) is 0 Å². The highest BCUT2D eigenvalue weighted by molar-refractivity contribution is 5.80. The summed E-state index contributed by atoms with van der Waals surface area (Å²) in [5.41, 5.74) is -1.37. The lowest BCUT2D eigenvalue weighted by Crippen LogP contribution is -2.55. The minimum Gasteiger partial charge on any atom is -0.465 e. The fourth-order valence-corrected chi connectivity index (χ4v) is 3.76. The van der Waals surface area contributed by atoms with E-state index in [1.807, 2.05) is 0 Å². The lowest BCUT2D eigenvalue weighted by Gasteiger charge is -2.44. The molecule has 0 aromatic carbocycles. The number of esters is 1. The van der Waals surface area contributed by atoms with Gasteiger partial charge in [0.25, 0.3) is 0 Å². The number of pyridine rings is 1. The highest BCUT2D eigenvalue weighted by atomic mass is 16.6. The highest BCUT2D eigenvalue weighted by Crippen LogP contribution is 2.44. The Balaban J connectivity index is 2.46. The smallest absolute Gasteiger partial charge is 0.410 e. The van der Waals surface area contributed by atoms with Gasteiger partial charge in [0.1, 0.15) is 5.60 Å². The monoisotopic (exact) mass is 407 g/mol. The number of nitro groups is 1. The van der Waals surface area contributed by atoms with Crippen LogP contribution in [0.2, 0.25) is 0 Å². The first-order valence-corrected chi connectivity index (χ1v) is 9.76. The lowest BCUT2D eigenvalue weighted by molar-refractivity contribution is -0.486. The fraction of sp³-hybridized carbons (Fsp3) is 0.650. The minimum absolute atomic E-state index is 0.00581. The summed E-state index contributed by atoms with van der Waals surface area (Å²) in [7, 11) is 0. The molecule has 2 rings (SSSR count). The number of hydrogen-bond donors (Lipinski definition) is 0. The summed E-state index contributed by atoms with van der Waals surface area (Å²) >= 11 is 0. The molecule has 0 bridgehead atoms. The van der Waals surface area contributed by atoms with Crippen molar-refractivity contribution in [2.24, 2.45) is 5.41 Å². The normalized spacial score (nSPS) is 20.6. The largest absolute Gasteiger partial charge is 0.465 e. The van der Waals surface area contributed by atoms with Gasteiger partial charge in [-0.15, -0.1) is 0 Å². The maximum Gasteiger partial charge on any atom is 0.410 e. The van der Waals surface area contributed by atoms with Gasteiger partial charge in [0, 0.05) is 30.4 Å². The van der Waals surface area contributed by atoms with E-state index in [4.69, 9.17) is 9.47 Å². The maximum absolute atomic E-state index is 13.1. The van der Waals surface area contributed by atoms with Crippen molar-refractivity contribution >= 4 is 12.1 Å². The van der Waals surface area contributed by atoms with Crippen LogP contribution in [0.4, 0.5) is 4.79 Å². The molecule has 1 aromatic heterocycles. The Hall–Kier alpha value is -2.71. The second-order valence-electron chi connectivity index (χ2n) is 8.24. The number of aromatic nitrogens is 1. The molecule has 1 aromatic rings. The van der Waals surface area contributed by atoms with Gasteiger partial charge in [-0.3, -0.25) is 19.9 Å². The van der Waals surface area contributed by atoms with Crippen molar-refractivity contribution in [2.75, 3.05) is 26.2 Å². The van der Waals surface area contributed by atoms with Crippen LogP contribution in [-0.2, 0) is 14.3 Å². The molecular formula is C20H29N3O6. The van der Waals surface area contributed by atoms with Crippen LogP contribution in [-0.4, -0.2) is 58.7 Å². The molecule has 2 atom stereocenters. The van der Waals surface area contributed by atoms with Gasteiger partial charge in [-0.2, -0.15) is 0 Å². The van der Waals surface area contributed by atoms with E-state index in [1.165, 1.54) is 11.1 Å². The topological polar surface area (TPSA) is 112 Å². The number of carbonyl (C=O) groups excluding carboxylic acids is 2. The molecular weight excluding hydrogens is 378 g/mol. The molecule has 0 spiro atoms. The number of carbonyl (C=O) groups is 2. The van der Waals surface area contributed by atoms with Crippen molar-refractivity contribution in [2.45, 2.75) is 52.1 Å². The number of ether oxygens (including phenoxy) is 2. The second-order valence-corrected chi connectivity index (χ2v) is 8.24. The number of rotatable bonds is 6. The minimum atomic E-state index is -1.25. The summed E-state index contributed by atoms with van der Waals surface area (Å²) in [6, 6.07) is 3.39. The molecule has 9 heteroatoms. The van der Waals surface area contributed by atoms with E-state index >= 15 is 0 Å². The lowest BCUT2D eigenvalue weighted by atomic mass is 9.67. The first-order chi connectivity index (χ1) is 13.6. The van der Waals surface area contributed by atoms with Gasteiger partial charge in [-0.25, -0.2) is 4.79 Å². The summed E-state index contributed by atoms with van der Waals surface area (Å²) in [5.74, 6) is -1.32. The van der Waals surface area contributed by atoms with Crippen molar-refractivity contribution in [3.05, 3.63) is 40.2 Å². The standard InChI is InChI=1S/C20H29N3O6/c1-5-28-17(24)20(16(13-23(26)27)15-8-6-10-21-12-15)9-7-11-22(14-20)18(25)29-19(2,3)4/h6,8,10,12,16H,5,7,9,11,13-14H2,1-4H3. The number of hydrogen-bond acceptors (Lipinski definition) is 7. The first-order valence-electron chi connectivity index (χ1n) is 9.76. The molecule has 2 heterocycles. The third-order valence-electron chi connectivity index (χ3n) is 4.94. The molecule has 1 amide bonds. The van der Waals surface area contributed by atoms with Crippen LogP contribution in [0, 0.1) is 15.5 Å². The Morgan fingerprint density at radius 2 is 2.14 bits per heavy atom. The zero-order chi connectivity index (χ0) is 21.7. The molecule has 2 unspecified atom stereocenters. The fourth-order valence-electron chi connectivity index (χ4n) is 3.76. The van der Waals surface area contributed by atoms with Crippen molar-refractivity contribution in [3.63, 3.8) is 0 Å². The molecule has 29 heavy (non-hydrogen) atoms. The van der Waals surface area contributed by atoms with Crippen molar-refractivity contribution < 1.29 is 24.0 Å². The van der Waals surface area contributed by atoms with E-state index in [2.05, 4.69) is 4.98 Å². The number of piperidine rings is 1. The Morgan fingerprint density at radius 1 is 1.41 bits per heavy atom. The average Bonchev–Trinajstić information content (AvgIpc) is 2.65.